The van der Waals surface area contributed by atoms with Gasteiger partial charge in [0, 0.05) is 32.6 Å². The molecule has 0 unspecified atom stereocenters. The molecule has 24 heavy (non-hydrogen) atoms. The first-order chi connectivity index (χ1) is 11.2. The molecule has 1 N–H and O–H groups in total. The van der Waals surface area contributed by atoms with Crippen LogP contribution in [0.25, 0.3) is 0 Å². The Balaban J connectivity index is 0.00000288. The van der Waals surface area contributed by atoms with Crippen LogP contribution in [0.1, 0.15) is 64.7 Å². The smallest absolute Gasteiger partial charge is 0.305 e. The number of hydrogen-bond acceptors (Lipinski definition) is 3. The highest BCUT2D eigenvalue weighted by Crippen LogP contribution is 2.47. The van der Waals surface area contributed by atoms with Gasteiger partial charge in [0.05, 0.1) is 7.11 Å². The van der Waals surface area contributed by atoms with E-state index in [2.05, 4.69) is 21.9 Å². The second-order valence-corrected chi connectivity index (χ2v) is 7.00. The summed E-state index contributed by atoms with van der Waals surface area (Å²) in [5, 5.41) is 3.45. The van der Waals surface area contributed by atoms with Crippen molar-refractivity contribution in [1.29, 1.82) is 0 Å². The van der Waals surface area contributed by atoms with Crippen molar-refractivity contribution in [3.63, 3.8) is 0 Å². The summed E-state index contributed by atoms with van der Waals surface area (Å²) >= 11 is 0. The summed E-state index contributed by atoms with van der Waals surface area (Å²) in [7, 11) is 1.45. The van der Waals surface area contributed by atoms with E-state index in [0.29, 0.717) is 11.8 Å². The molecule has 2 fully saturated rings. The van der Waals surface area contributed by atoms with Crippen LogP contribution >= 0.6 is 24.0 Å². The number of ether oxygens (including phenoxy) is 1. The van der Waals surface area contributed by atoms with E-state index in [-0.39, 0.29) is 29.9 Å². The van der Waals surface area contributed by atoms with Gasteiger partial charge in [-0.05, 0) is 44.4 Å². The number of carbonyl (C=O) groups is 1. The number of methoxy groups -OCH3 is 1. The first-order valence-electron chi connectivity index (χ1n) is 9.29. The summed E-state index contributed by atoms with van der Waals surface area (Å²) in [6.45, 7) is 6.30. The minimum atomic E-state index is -0.101. The fraction of sp³-hybridized carbons (Fsp3) is 0.889. The molecule has 0 aromatic heterocycles. The Hall–Kier alpha value is -0.530. The van der Waals surface area contributed by atoms with Crippen LogP contribution in [0.15, 0.2) is 4.99 Å². The number of carbonyl (C=O) groups excluding carboxylic acids is 1. The van der Waals surface area contributed by atoms with Gasteiger partial charge in [-0.3, -0.25) is 9.79 Å². The lowest BCUT2D eigenvalue weighted by molar-refractivity contribution is -0.140. The van der Waals surface area contributed by atoms with Gasteiger partial charge < -0.3 is 15.0 Å². The van der Waals surface area contributed by atoms with Crippen molar-refractivity contribution in [3.05, 3.63) is 0 Å². The van der Waals surface area contributed by atoms with Crippen molar-refractivity contribution in [1.82, 2.24) is 10.2 Å². The van der Waals surface area contributed by atoms with Crippen molar-refractivity contribution in [2.45, 2.75) is 64.7 Å². The van der Waals surface area contributed by atoms with Crippen LogP contribution in [0.4, 0.5) is 0 Å². The zero-order valence-corrected chi connectivity index (χ0v) is 17.6. The van der Waals surface area contributed by atoms with E-state index < -0.39 is 0 Å². The van der Waals surface area contributed by atoms with Crippen molar-refractivity contribution >= 4 is 35.9 Å². The van der Waals surface area contributed by atoms with Crippen LogP contribution < -0.4 is 5.32 Å². The Bertz CT molecular complexity index is 411. The predicted octanol–water partition coefficient (Wildman–Crippen LogP) is 3.57. The van der Waals surface area contributed by atoms with Crippen LogP contribution in [0.3, 0.4) is 0 Å². The number of rotatable bonds is 8. The Morgan fingerprint density at radius 3 is 2.54 bits per heavy atom. The van der Waals surface area contributed by atoms with Crippen LogP contribution in [0.5, 0.6) is 0 Å². The van der Waals surface area contributed by atoms with E-state index in [1.54, 1.807) is 0 Å². The number of halogens is 1. The molecule has 1 heterocycles. The number of nitrogens with zero attached hydrogens (tertiary/aromatic N) is 2. The fourth-order valence-electron chi connectivity index (χ4n) is 3.65. The van der Waals surface area contributed by atoms with Gasteiger partial charge in [0.2, 0.25) is 0 Å². The van der Waals surface area contributed by atoms with E-state index in [1.807, 2.05) is 0 Å². The average Bonchev–Trinajstić information content (AvgIpc) is 2.98. The minimum Gasteiger partial charge on any atom is -0.469 e. The molecule has 1 aliphatic heterocycles. The molecular formula is C18H34IN3O2. The third-order valence-electron chi connectivity index (χ3n) is 5.27. The molecule has 1 spiro atoms. The minimum absolute atomic E-state index is 0. The standard InChI is InChI=1S/C18H33N3O2.HI/c1-3-19-17(21-14-12-18(15-21)10-8-11-18)20-13-7-5-4-6-9-16(22)23-2;/h3-15H2,1-2H3,(H,19,20);1H. The maximum absolute atomic E-state index is 11.0. The Morgan fingerprint density at radius 2 is 1.96 bits per heavy atom. The lowest BCUT2D eigenvalue weighted by atomic mass is 9.68. The summed E-state index contributed by atoms with van der Waals surface area (Å²) in [6.07, 6.45) is 10.3. The Morgan fingerprint density at radius 1 is 1.21 bits per heavy atom. The molecule has 1 saturated carbocycles. The molecule has 0 aromatic carbocycles. The number of nitrogens with one attached hydrogen (secondary N) is 1. The van der Waals surface area contributed by atoms with Gasteiger partial charge >= 0.3 is 5.97 Å². The molecule has 0 aromatic rings. The number of aliphatic imine (C=N–C) groups is 1. The van der Waals surface area contributed by atoms with Crippen molar-refractivity contribution < 1.29 is 9.53 Å². The van der Waals surface area contributed by atoms with Crippen LogP contribution in [-0.4, -0.2) is 50.1 Å². The number of esters is 1. The van der Waals surface area contributed by atoms with Gasteiger partial charge in [-0.25, -0.2) is 0 Å². The average molecular weight is 451 g/mol. The topological polar surface area (TPSA) is 53.9 Å². The molecule has 1 aliphatic carbocycles. The number of hydrogen-bond donors (Lipinski definition) is 1. The summed E-state index contributed by atoms with van der Waals surface area (Å²) in [5.41, 5.74) is 0.615. The van der Waals surface area contributed by atoms with Gasteiger partial charge in [-0.15, -0.1) is 24.0 Å². The highest BCUT2D eigenvalue weighted by Gasteiger charge is 2.43. The molecule has 0 bridgehead atoms. The molecule has 140 valence electrons. The summed E-state index contributed by atoms with van der Waals surface area (Å²) in [6, 6.07) is 0. The van der Waals surface area contributed by atoms with E-state index in [1.165, 1.54) is 39.3 Å². The summed E-state index contributed by atoms with van der Waals surface area (Å²) in [5.74, 6) is 1.00. The number of unbranched alkanes of at least 4 members (excludes halogenated alkanes) is 3. The third-order valence-corrected chi connectivity index (χ3v) is 5.27. The van der Waals surface area contributed by atoms with Gasteiger partial charge in [0.25, 0.3) is 0 Å². The quantitative estimate of drug-likeness (QED) is 0.202. The second-order valence-electron chi connectivity index (χ2n) is 7.00. The molecule has 2 rings (SSSR count). The molecule has 0 atom stereocenters. The molecule has 6 heteroatoms. The van der Waals surface area contributed by atoms with Crippen LogP contribution in [-0.2, 0) is 9.53 Å². The molecule has 1 saturated heterocycles. The Labute approximate surface area is 164 Å². The molecule has 5 nitrogen and oxygen atoms in total. The second kappa shape index (κ2) is 11.2. The zero-order valence-electron chi connectivity index (χ0n) is 15.3. The summed E-state index contributed by atoms with van der Waals surface area (Å²) < 4.78 is 4.65. The lowest BCUT2D eigenvalue weighted by Gasteiger charge is -2.38. The number of guanidine groups is 1. The zero-order chi connectivity index (χ0) is 16.5. The van der Waals surface area contributed by atoms with Crippen molar-refractivity contribution in [2.75, 3.05) is 33.3 Å². The lowest BCUT2D eigenvalue weighted by Crippen LogP contribution is -2.42. The first kappa shape index (κ1) is 21.5. The SMILES string of the molecule is CCNC(=NCCCCCCC(=O)OC)N1CCC2(CCC2)C1.I. The predicted molar refractivity (Wildman–Crippen MR) is 109 cm³/mol. The molecular weight excluding hydrogens is 417 g/mol. The largest absolute Gasteiger partial charge is 0.469 e. The maximum atomic E-state index is 11.0. The van der Waals surface area contributed by atoms with Gasteiger partial charge in [-0.1, -0.05) is 19.3 Å². The first-order valence-corrected chi connectivity index (χ1v) is 9.29. The van der Waals surface area contributed by atoms with E-state index in [9.17, 15) is 4.79 Å². The monoisotopic (exact) mass is 451 g/mol. The van der Waals surface area contributed by atoms with Crippen LogP contribution in [0.2, 0.25) is 0 Å². The molecule has 2 aliphatic rings. The van der Waals surface area contributed by atoms with Crippen molar-refractivity contribution in [3.8, 4) is 0 Å². The Kier molecular flexibility index (Phi) is 10.0. The fourth-order valence-corrected chi connectivity index (χ4v) is 3.65. The normalized spacial score (nSPS) is 18.9. The van der Waals surface area contributed by atoms with E-state index in [4.69, 9.17) is 4.99 Å². The van der Waals surface area contributed by atoms with Crippen LogP contribution in [0, 0.1) is 5.41 Å². The molecule has 0 amide bonds. The third kappa shape index (κ3) is 6.41. The van der Waals surface area contributed by atoms with Gasteiger partial charge in [-0.2, -0.15) is 0 Å². The maximum Gasteiger partial charge on any atom is 0.305 e. The highest BCUT2D eigenvalue weighted by atomic mass is 127. The van der Waals surface area contributed by atoms with Crippen molar-refractivity contribution in [2.24, 2.45) is 10.4 Å². The van der Waals surface area contributed by atoms with Gasteiger partial charge in [0.1, 0.15) is 0 Å². The van der Waals surface area contributed by atoms with E-state index >= 15 is 0 Å². The summed E-state index contributed by atoms with van der Waals surface area (Å²) in [4.78, 5) is 18.3. The van der Waals surface area contributed by atoms with E-state index in [0.717, 1.165) is 51.3 Å². The highest BCUT2D eigenvalue weighted by molar-refractivity contribution is 14.0. The number of likely N-dealkylation sites (tertiary alicyclic amines) is 1. The van der Waals surface area contributed by atoms with Gasteiger partial charge in [0.15, 0.2) is 5.96 Å². The molecule has 0 radical (unpaired) electrons.